The lowest BCUT2D eigenvalue weighted by molar-refractivity contribution is -0.123. The Bertz CT molecular complexity index is 929. The van der Waals surface area contributed by atoms with Crippen LogP contribution in [0.3, 0.4) is 0 Å². The number of carbonyl (C=O) groups excluding carboxylic acids is 2. The molecule has 2 aliphatic rings. The largest absolute Gasteiger partial charge is 0.494 e. The number of ether oxygens (including phenoxy) is 1. The topological polar surface area (TPSA) is 71.5 Å². The van der Waals surface area contributed by atoms with Gasteiger partial charge in [0.1, 0.15) is 0 Å². The number of anilines is 1. The third-order valence-corrected chi connectivity index (χ3v) is 6.45. The first kappa shape index (κ1) is 20.3. The third kappa shape index (κ3) is 3.88. The van der Waals surface area contributed by atoms with Crippen LogP contribution in [0.2, 0.25) is 0 Å². The quantitative estimate of drug-likeness (QED) is 0.829. The van der Waals surface area contributed by atoms with E-state index in [0.29, 0.717) is 24.3 Å². The van der Waals surface area contributed by atoms with Gasteiger partial charge in [0.25, 0.3) is 5.91 Å². The molecule has 1 saturated carbocycles. The molecule has 1 aromatic heterocycles. The smallest absolute Gasteiger partial charge is 0.254 e. The molecule has 0 radical (unpaired) electrons. The number of methoxy groups -OCH3 is 1. The molecule has 1 spiro atoms. The van der Waals surface area contributed by atoms with Gasteiger partial charge >= 0.3 is 0 Å². The monoisotopic (exact) mass is 411 g/mol. The van der Waals surface area contributed by atoms with Crippen molar-refractivity contribution in [2.24, 2.45) is 11.3 Å². The SMILES string of the molecule is COc1ccc(NC(=O)C2CN(C(=O)c3ccncc3)CC23CCCCC3)cc1F. The molecule has 1 aliphatic heterocycles. The molecule has 1 unspecified atom stereocenters. The molecule has 1 aliphatic carbocycles. The van der Waals surface area contributed by atoms with Crippen molar-refractivity contribution in [3.8, 4) is 5.75 Å². The molecular weight excluding hydrogens is 385 g/mol. The van der Waals surface area contributed by atoms with Gasteiger partial charge in [-0.2, -0.15) is 0 Å². The van der Waals surface area contributed by atoms with Crippen LogP contribution in [-0.4, -0.2) is 41.9 Å². The van der Waals surface area contributed by atoms with Crippen molar-refractivity contribution >= 4 is 17.5 Å². The summed E-state index contributed by atoms with van der Waals surface area (Å²) < 4.78 is 19.0. The Morgan fingerprint density at radius 1 is 1.17 bits per heavy atom. The predicted octanol–water partition coefficient (Wildman–Crippen LogP) is 3.89. The summed E-state index contributed by atoms with van der Waals surface area (Å²) in [4.78, 5) is 32.0. The van der Waals surface area contributed by atoms with Crippen molar-refractivity contribution in [1.82, 2.24) is 9.88 Å². The van der Waals surface area contributed by atoms with Gasteiger partial charge in [-0.3, -0.25) is 14.6 Å². The maximum atomic E-state index is 14.0. The van der Waals surface area contributed by atoms with Crippen LogP contribution < -0.4 is 10.1 Å². The number of carbonyl (C=O) groups is 2. The van der Waals surface area contributed by atoms with Crippen LogP contribution >= 0.6 is 0 Å². The Morgan fingerprint density at radius 3 is 2.57 bits per heavy atom. The molecule has 2 heterocycles. The fourth-order valence-corrected chi connectivity index (χ4v) is 4.90. The van der Waals surface area contributed by atoms with Crippen LogP contribution in [0.5, 0.6) is 5.75 Å². The summed E-state index contributed by atoms with van der Waals surface area (Å²) in [6, 6.07) is 7.78. The van der Waals surface area contributed by atoms with Gasteiger partial charge in [0.05, 0.1) is 13.0 Å². The molecule has 1 atom stereocenters. The molecule has 30 heavy (non-hydrogen) atoms. The lowest BCUT2D eigenvalue weighted by Gasteiger charge is -2.37. The second-order valence-electron chi connectivity index (χ2n) is 8.24. The average molecular weight is 411 g/mol. The highest BCUT2D eigenvalue weighted by Crippen LogP contribution is 2.48. The molecule has 6 nitrogen and oxygen atoms in total. The minimum atomic E-state index is -0.524. The maximum Gasteiger partial charge on any atom is 0.254 e. The van der Waals surface area contributed by atoms with Gasteiger partial charge in [0.15, 0.2) is 11.6 Å². The van der Waals surface area contributed by atoms with E-state index in [9.17, 15) is 14.0 Å². The predicted molar refractivity (Wildman–Crippen MR) is 111 cm³/mol. The van der Waals surface area contributed by atoms with Crippen LogP contribution in [0.15, 0.2) is 42.7 Å². The van der Waals surface area contributed by atoms with Gasteiger partial charge in [0.2, 0.25) is 5.91 Å². The molecule has 2 amide bonds. The van der Waals surface area contributed by atoms with Gasteiger partial charge in [-0.05, 0) is 37.1 Å². The maximum absolute atomic E-state index is 14.0. The molecule has 1 N–H and O–H groups in total. The first-order chi connectivity index (χ1) is 14.5. The van der Waals surface area contributed by atoms with Gasteiger partial charge in [0, 0.05) is 48.2 Å². The molecule has 2 fully saturated rings. The molecule has 1 aromatic carbocycles. The Balaban J connectivity index is 1.55. The van der Waals surface area contributed by atoms with E-state index in [2.05, 4.69) is 10.3 Å². The molecule has 0 bridgehead atoms. The zero-order valence-electron chi connectivity index (χ0n) is 17.1. The summed E-state index contributed by atoms with van der Waals surface area (Å²) in [5.74, 6) is -0.955. The second-order valence-corrected chi connectivity index (χ2v) is 8.24. The first-order valence-electron chi connectivity index (χ1n) is 10.4. The first-order valence-corrected chi connectivity index (χ1v) is 10.4. The third-order valence-electron chi connectivity index (χ3n) is 6.45. The van der Waals surface area contributed by atoms with Crippen molar-refractivity contribution in [3.05, 3.63) is 54.1 Å². The van der Waals surface area contributed by atoms with Crippen LogP contribution in [-0.2, 0) is 4.79 Å². The van der Waals surface area contributed by atoms with Crippen molar-refractivity contribution in [2.45, 2.75) is 32.1 Å². The number of hydrogen-bond donors (Lipinski definition) is 1. The standard InChI is InChI=1S/C23H26FN3O3/c1-30-20-6-5-17(13-19(20)24)26-21(28)18-14-27(15-23(18)9-3-2-4-10-23)22(29)16-7-11-25-12-8-16/h5-8,11-13,18H,2-4,9-10,14-15H2,1H3,(H,26,28). The van der Waals surface area contributed by atoms with Crippen LogP contribution in [0.1, 0.15) is 42.5 Å². The number of rotatable bonds is 4. The van der Waals surface area contributed by atoms with Crippen LogP contribution in [0, 0.1) is 17.2 Å². The molecule has 158 valence electrons. The summed E-state index contributed by atoms with van der Waals surface area (Å²) in [6.45, 7) is 0.939. The zero-order valence-corrected chi connectivity index (χ0v) is 17.1. The van der Waals surface area contributed by atoms with Crippen molar-refractivity contribution in [1.29, 1.82) is 0 Å². The van der Waals surface area contributed by atoms with E-state index in [1.54, 1.807) is 35.5 Å². The number of halogens is 1. The zero-order chi connectivity index (χ0) is 21.1. The highest BCUT2D eigenvalue weighted by Gasteiger charge is 2.51. The fourth-order valence-electron chi connectivity index (χ4n) is 4.90. The van der Waals surface area contributed by atoms with Gasteiger partial charge in [-0.1, -0.05) is 19.3 Å². The average Bonchev–Trinajstić information content (AvgIpc) is 3.13. The highest BCUT2D eigenvalue weighted by molar-refractivity contribution is 5.97. The summed E-state index contributed by atoms with van der Waals surface area (Å²) in [6.07, 6.45) is 8.29. The van der Waals surface area contributed by atoms with E-state index >= 15 is 0 Å². The van der Waals surface area contributed by atoms with E-state index < -0.39 is 5.82 Å². The van der Waals surface area contributed by atoms with Crippen molar-refractivity contribution in [3.63, 3.8) is 0 Å². The van der Waals surface area contributed by atoms with E-state index in [1.165, 1.54) is 19.2 Å². The van der Waals surface area contributed by atoms with Gasteiger partial charge < -0.3 is 15.0 Å². The number of likely N-dealkylation sites (tertiary alicyclic amines) is 1. The van der Waals surface area contributed by atoms with Crippen molar-refractivity contribution < 1.29 is 18.7 Å². The minimum Gasteiger partial charge on any atom is -0.494 e. The highest BCUT2D eigenvalue weighted by atomic mass is 19.1. The summed E-state index contributed by atoms with van der Waals surface area (Å²) >= 11 is 0. The number of hydrogen-bond acceptors (Lipinski definition) is 4. The number of nitrogens with one attached hydrogen (secondary N) is 1. The van der Waals surface area contributed by atoms with E-state index in [0.717, 1.165) is 32.1 Å². The summed E-state index contributed by atoms with van der Waals surface area (Å²) in [5.41, 5.74) is 0.744. The van der Waals surface area contributed by atoms with Gasteiger partial charge in [-0.15, -0.1) is 0 Å². The summed E-state index contributed by atoms with van der Waals surface area (Å²) in [7, 11) is 1.40. The fraction of sp³-hybridized carbons (Fsp3) is 0.435. The number of amides is 2. The van der Waals surface area contributed by atoms with E-state index in [1.807, 2.05) is 0 Å². The van der Waals surface area contributed by atoms with E-state index in [4.69, 9.17) is 4.74 Å². The Labute approximate surface area is 175 Å². The lowest BCUT2D eigenvalue weighted by Crippen LogP contribution is -2.39. The number of benzene rings is 1. The Morgan fingerprint density at radius 2 is 1.90 bits per heavy atom. The Hall–Kier alpha value is -2.96. The molecule has 1 saturated heterocycles. The second kappa shape index (κ2) is 8.42. The Kier molecular flexibility index (Phi) is 5.70. The molecule has 7 heteroatoms. The molecule has 4 rings (SSSR count). The number of pyridine rings is 1. The van der Waals surface area contributed by atoms with Gasteiger partial charge in [-0.25, -0.2) is 4.39 Å². The van der Waals surface area contributed by atoms with Crippen LogP contribution in [0.4, 0.5) is 10.1 Å². The van der Waals surface area contributed by atoms with Crippen molar-refractivity contribution in [2.75, 3.05) is 25.5 Å². The number of aromatic nitrogens is 1. The van der Waals surface area contributed by atoms with E-state index in [-0.39, 0.29) is 28.9 Å². The molecular formula is C23H26FN3O3. The molecule has 2 aromatic rings. The van der Waals surface area contributed by atoms with Crippen LogP contribution in [0.25, 0.3) is 0 Å². The lowest BCUT2D eigenvalue weighted by atomic mass is 9.67. The summed E-state index contributed by atoms with van der Waals surface area (Å²) in [5, 5.41) is 2.86. The normalized spacial score (nSPS) is 20.2. The minimum absolute atomic E-state index is 0.0758. The number of nitrogens with zero attached hydrogens (tertiary/aromatic N) is 2.